The van der Waals surface area contributed by atoms with Gasteiger partial charge in [-0.05, 0) is 39.7 Å². The minimum atomic E-state index is -0.483. The van der Waals surface area contributed by atoms with Crippen LogP contribution in [0.1, 0.15) is 39.3 Å². The van der Waals surface area contributed by atoms with Gasteiger partial charge in [0.2, 0.25) is 0 Å². The van der Waals surface area contributed by atoms with Crippen LogP contribution in [0.4, 0.5) is 10.5 Å². The Labute approximate surface area is 147 Å². The highest BCUT2D eigenvalue weighted by Gasteiger charge is 2.26. The standard InChI is InChI=1S/C17H26N4O4/c1-17(2,3)25-16(22)20-11-7-13(8-12-20)18-10-6-14-15(21(23)24)5-4-9-19-14/h4-5,9,13,18H,6-8,10-12H2,1-3H3. The van der Waals surface area contributed by atoms with Crippen molar-refractivity contribution in [3.05, 3.63) is 34.1 Å². The fraction of sp³-hybridized carbons (Fsp3) is 0.647. The lowest BCUT2D eigenvalue weighted by Gasteiger charge is -2.33. The van der Waals surface area contributed by atoms with Crippen molar-refractivity contribution in [1.29, 1.82) is 0 Å². The average molecular weight is 350 g/mol. The molecule has 1 aromatic rings. The van der Waals surface area contributed by atoms with Crippen molar-refractivity contribution >= 4 is 11.8 Å². The maximum atomic E-state index is 12.0. The van der Waals surface area contributed by atoms with Crippen LogP contribution in [0, 0.1) is 10.1 Å². The maximum Gasteiger partial charge on any atom is 0.410 e. The lowest BCUT2D eigenvalue weighted by Crippen LogP contribution is -2.46. The summed E-state index contributed by atoms with van der Waals surface area (Å²) in [5.74, 6) is 0. The Bertz CT molecular complexity index is 607. The topological polar surface area (TPSA) is 97.6 Å². The molecular formula is C17H26N4O4. The van der Waals surface area contributed by atoms with Crippen molar-refractivity contribution in [2.75, 3.05) is 19.6 Å². The summed E-state index contributed by atoms with van der Waals surface area (Å²) in [7, 11) is 0. The molecule has 138 valence electrons. The summed E-state index contributed by atoms with van der Waals surface area (Å²) in [4.78, 5) is 28.4. The summed E-state index contributed by atoms with van der Waals surface area (Å²) in [6.45, 7) is 7.49. The van der Waals surface area contributed by atoms with Gasteiger partial charge in [-0.25, -0.2) is 4.79 Å². The van der Waals surface area contributed by atoms with E-state index < -0.39 is 10.5 Å². The molecule has 0 spiro atoms. The summed E-state index contributed by atoms with van der Waals surface area (Å²) in [5.41, 5.74) is 0.0686. The molecule has 2 rings (SSSR count). The lowest BCUT2D eigenvalue weighted by molar-refractivity contribution is -0.385. The molecule has 0 radical (unpaired) electrons. The van der Waals surface area contributed by atoms with Gasteiger partial charge in [-0.15, -0.1) is 0 Å². The van der Waals surface area contributed by atoms with Crippen LogP contribution in [0.3, 0.4) is 0 Å². The van der Waals surface area contributed by atoms with Crippen LogP contribution in [0.15, 0.2) is 18.3 Å². The number of ether oxygens (including phenoxy) is 1. The maximum absolute atomic E-state index is 12.0. The first-order valence-electron chi connectivity index (χ1n) is 8.56. The van der Waals surface area contributed by atoms with Gasteiger partial charge in [-0.1, -0.05) is 0 Å². The number of hydrogen-bond acceptors (Lipinski definition) is 6. The van der Waals surface area contributed by atoms with Gasteiger partial charge in [0.25, 0.3) is 5.69 Å². The van der Waals surface area contributed by atoms with E-state index in [0.29, 0.717) is 37.8 Å². The number of nitrogens with zero attached hydrogens (tertiary/aromatic N) is 3. The Morgan fingerprint density at radius 2 is 2.12 bits per heavy atom. The molecule has 0 bridgehead atoms. The van der Waals surface area contributed by atoms with Crippen molar-refractivity contribution in [3.63, 3.8) is 0 Å². The van der Waals surface area contributed by atoms with Crippen LogP contribution in [0.5, 0.6) is 0 Å². The zero-order valence-electron chi connectivity index (χ0n) is 15.0. The van der Waals surface area contributed by atoms with E-state index in [1.807, 2.05) is 20.8 Å². The normalized spacial score (nSPS) is 15.9. The van der Waals surface area contributed by atoms with E-state index in [1.54, 1.807) is 17.2 Å². The Hall–Kier alpha value is -2.22. The highest BCUT2D eigenvalue weighted by atomic mass is 16.6. The molecule has 1 fully saturated rings. The summed E-state index contributed by atoms with van der Waals surface area (Å²) in [5, 5.41) is 14.4. The Balaban J connectivity index is 1.74. The third-order valence-electron chi connectivity index (χ3n) is 4.00. The van der Waals surface area contributed by atoms with Crippen LogP contribution in [0.25, 0.3) is 0 Å². The summed E-state index contributed by atoms with van der Waals surface area (Å²) >= 11 is 0. The molecule has 0 unspecified atom stereocenters. The molecule has 1 N–H and O–H groups in total. The van der Waals surface area contributed by atoms with E-state index in [2.05, 4.69) is 10.3 Å². The first-order chi connectivity index (χ1) is 11.8. The molecule has 1 saturated heterocycles. The van der Waals surface area contributed by atoms with Gasteiger partial charge in [0.05, 0.1) is 4.92 Å². The van der Waals surface area contributed by atoms with Crippen molar-refractivity contribution in [3.8, 4) is 0 Å². The van der Waals surface area contributed by atoms with E-state index >= 15 is 0 Å². The minimum Gasteiger partial charge on any atom is -0.444 e. The van der Waals surface area contributed by atoms with Crippen LogP contribution in [-0.4, -0.2) is 52.2 Å². The van der Waals surface area contributed by atoms with Crippen LogP contribution < -0.4 is 5.32 Å². The van der Waals surface area contributed by atoms with E-state index in [-0.39, 0.29) is 11.8 Å². The number of pyridine rings is 1. The molecule has 1 aliphatic rings. The summed E-state index contributed by atoms with van der Waals surface area (Å²) < 4.78 is 5.38. The molecule has 0 aliphatic carbocycles. The van der Waals surface area contributed by atoms with Crippen molar-refractivity contribution < 1.29 is 14.5 Å². The van der Waals surface area contributed by atoms with E-state index in [0.717, 1.165) is 12.8 Å². The second-order valence-corrected chi connectivity index (χ2v) is 7.17. The Morgan fingerprint density at radius 1 is 1.44 bits per heavy atom. The highest BCUT2D eigenvalue weighted by molar-refractivity contribution is 5.68. The monoisotopic (exact) mass is 350 g/mol. The number of nitro groups is 1. The number of aromatic nitrogens is 1. The average Bonchev–Trinajstić information content (AvgIpc) is 2.54. The van der Waals surface area contributed by atoms with Gasteiger partial charge in [0.1, 0.15) is 11.3 Å². The molecule has 1 aliphatic heterocycles. The zero-order valence-corrected chi connectivity index (χ0v) is 15.0. The summed E-state index contributed by atoms with van der Waals surface area (Å²) in [6.07, 6.45) is 3.48. The molecule has 2 heterocycles. The fourth-order valence-corrected chi connectivity index (χ4v) is 2.78. The zero-order chi connectivity index (χ0) is 18.4. The molecule has 8 nitrogen and oxygen atoms in total. The van der Waals surface area contributed by atoms with Crippen LogP contribution in [-0.2, 0) is 11.2 Å². The molecule has 1 aromatic heterocycles. The molecule has 0 saturated carbocycles. The molecule has 25 heavy (non-hydrogen) atoms. The van der Waals surface area contributed by atoms with Gasteiger partial charge in [-0.2, -0.15) is 0 Å². The quantitative estimate of drug-likeness (QED) is 0.647. The van der Waals surface area contributed by atoms with Gasteiger partial charge in [-0.3, -0.25) is 15.1 Å². The van der Waals surface area contributed by atoms with Crippen LogP contribution in [0.2, 0.25) is 0 Å². The third-order valence-corrected chi connectivity index (χ3v) is 4.00. The van der Waals surface area contributed by atoms with Crippen molar-refractivity contribution in [2.45, 2.75) is 51.7 Å². The number of carbonyl (C=O) groups is 1. The van der Waals surface area contributed by atoms with E-state index in [4.69, 9.17) is 4.74 Å². The van der Waals surface area contributed by atoms with Gasteiger partial charge >= 0.3 is 6.09 Å². The van der Waals surface area contributed by atoms with Gasteiger partial charge < -0.3 is 15.0 Å². The molecule has 8 heteroatoms. The number of piperidine rings is 1. The van der Waals surface area contributed by atoms with Gasteiger partial charge in [0.15, 0.2) is 0 Å². The lowest BCUT2D eigenvalue weighted by atomic mass is 10.1. The second kappa shape index (κ2) is 8.24. The predicted octanol–water partition coefficient (Wildman–Crippen LogP) is 2.52. The Morgan fingerprint density at radius 3 is 2.72 bits per heavy atom. The minimum absolute atomic E-state index is 0.0593. The van der Waals surface area contributed by atoms with Gasteiger partial charge in [0, 0.05) is 44.4 Å². The highest BCUT2D eigenvalue weighted by Crippen LogP contribution is 2.17. The first kappa shape index (κ1) is 19.1. The van der Waals surface area contributed by atoms with Crippen molar-refractivity contribution in [1.82, 2.24) is 15.2 Å². The molecule has 0 aromatic carbocycles. The number of rotatable bonds is 5. The molecule has 0 atom stereocenters. The number of amides is 1. The van der Waals surface area contributed by atoms with E-state index in [9.17, 15) is 14.9 Å². The third kappa shape index (κ3) is 5.97. The number of likely N-dealkylation sites (tertiary alicyclic amines) is 1. The number of carbonyl (C=O) groups excluding carboxylic acids is 1. The number of nitrogens with one attached hydrogen (secondary N) is 1. The Kier molecular flexibility index (Phi) is 6.30. The smallest absolute Gasteiger partial charge is 0.410 e. The van der Waals surface area contributed by atoms with Crippen molar-refractivity contribution in [2.24, 2.45) is 0 Å². The number of hydrogen-bond donors (Lipinski definition) is 1. The molecule has 1 amide bonds. The summed E-state index contributed by atoms with van der Waals surface area (Å²) in [6, 6.07) is 3.34. The molecular weight excluding hydrogens is 324 g/mol. The second-order valence-electron chi connectivity index (χ2n) is 7.17. The van der Waals surface area contributed by atoms with Crippen LogP contribution >= 0.6 is 0 Å². The van der Waals surface area contributed by atoms with E-state index in [1.165, 1.54) is 6.07 Å². The largest absolute Gasteiger partial charge is 0.444 e. The first-order valence-corrected chi connectivity index (χ1v) is 8.56. The SMILES string of the molecule is CC(C)(C)OC(=O)N1CCC(NCCc2ncccc2[N+](=O)[O-])CC1. The predicted molar refractivity (Wildman–Crippen MR) is 93.4 cm³/mol. The fourth-order valence-electron chi connectivity index (χ4n) is 2.78.